The molecule has 2 aromatic heterocycles. The number of ether oxygens (including phenoxy) is 1. The zero-order valence-electron chi connectivity index (χ0n) is 23.1. The second-order valence-corrected chi connectivity index (χ2v) is 11.0. The van der Waals surface area contributed by atoms with Gasteiger partial charge in [0.15, 0.2) is 0 Å². The fourth-order valence-corrected chi connectivity index (χ4v) is 4.23. The van der Waals surface area contributed by atoms with Gasteiger partial charge in [0.2, 0.25) is 0 Å². The van der Waals surface area contributed by atoms with Crippen LogP contribution >= 0.6 is 0 Å². The van der Waals surface area contributed by atoms with Gasteiger partial charge in [-0.1, -0.05) is 11.6 Å². The van der Waals surface area contributed by atoms with Crippen LogP contribution in [0.1, 0.15) is 41.5 Å². The van der Waals surface area contributed by atoms with Gasteiger partial charge in [-0.15, -0.1) is 0 Å². The normalized spacial score (nSPS) is 19.2. The van der Waals surface area contributed by atoms with E-state index in [1.807, 2.05) is 39.8 Å². The van der Waals surface area contributed by atoms with Crippen LogP contribution in [-0.2, 0) is 21.1 Å². The summed E-state index contributed by atoms with van der Waals surface area (Å²) in [6.07, 6.45) is 5.69. The van der Waals surface area contributed by atoms with E-state index in [1.165, 1.54) is 10.1 Å². The minimum Gasteiger partial charge on any atom is -0.399 e. The van der Waals surface area contributed by atoms with E-state index in [0.717, 1.165) is 44.0 Å². The van der Waals surface area contributed by atoms with Gasteiger partial charge in [-0.2, -0.15) is 0 Å². The Hall–Kier alpha value is -2.66. The van der Waals surface area contributed by atoms with Crippen LogP contribution in [-0.4, -0.2) is 71.7 Å². The standard InChI is InChI=1S/C27H40BN5O4/c1-8-19(2)15-33(22-17-35-18-22)12-11-29-21-9-10-24(30-14-21)31-23-13-20(16-32(7)25(23)34)28-36-26(3,4)27(5,6)37-28/h8-10,13-14,16,22,29H,11-12,15,17-18H2,1-7H3,(H,30,31)/b19-8-. The summed E-state index contributed by atoms with van der Waals surface area (Å²) in [5.41, 5.74) is 2.41. The molecule has 0 aliphatic carbocycles. The molecule has 0 amide bonds. The number of aryl methyl sites for hydroxylation is 1. The van der Waals surface area contributed by atoms with Gasteiger partial charge in [0.05, 0.1) is 42.3 Å². The molecule has 10 heteroatoms. The van der Waals surface area contributed by atoms with Gasteiger partial charge in [-0.25, -0.2) is 4.98 Å². The minimum atomic E-state index is -0.556. The Morgan fingerprint density at radius 2 is 1.95 bits per heavy atom. The summed E-state index contributed by atoms with van der Waals surface area (Å²) in [5, 5.41) is 6.62. The predicted octanol–water partition coefficient (Wildman–Crippen LogP) is 2.90. The molecule has 0 bridgehead atoms. The summed E-state index contributed by atoms with van der Waals surface area (Å²) >= 11 is 0. The quantitative estimate of drug-likeness (QED) is 0.374. The minimum absolute atomic E-state index is 0.152. The second-order valence-electron chi connectivity index (χ2n) is 11.0. The number of rotatable bonds is 10. The topological polar surface area (TPSA) is 89.9 Å². The maximum absolute atomic E-state index is 12.8. The molecule has 2 fully saturated rings. The average molecular weight is 509 g/mol. The summed E-state index contributed by atoms with van der Waals surface area (Å²) in [6, 6.07) is 6.09. The zero-order valence-corrected chi connectivity index (χ0v) is 23.1. The Labute approximate surface area is 220 Å². The van der Waals surface area contributed by atoms with Crippen molar-refractivity contribution in [3.63, 3.8) is 0 Å². The molecule has 0 aromatic carbocycles. The molecule has 0 spiro atoms. The fourth-order valence-electron chi connectivity index (χ4n) is 4.23. The number of hydrogen-bond donors (Lipinski definition) is 2. The van der Waals surface area contributed by atoms with Gasteiger partial charge in [-0.3, -0.25) is 9.69 Å². The van der Waals surface area contributed by atoms with Crippen molar-refractivity contribution in [1.29, 1.82) is 0 Å². The highest BCUT2D eigenvalue weighted by molar-refractivity contribution is 6.62. The molecule has 37 heavy (non-hydrogen) atoms. The van der Waals surface area contributed by atoms with Crippen LogP contribution in [0.25, 0.3) is 0 Å². The molecule has 0 saturated carbocycles. The molecule has 9 nitrogen and oxygen atoms in total. The van der Waals surface area contributed by atoms with Crippen LogP contribution in [0.15, 0.2) is 47.0 Å². The largest absolute Gasteiger partial charge is 0.496 e. The number of hydrogen-bond acceptors (Lipinski definition) is 8. The molecule has 0 radical (unpaired) electrons. The third kappa shape index (κ3) is 6.26. The van der Waals surface area contributed by atoms with E-state index in [1.54, 1.807) is 25.5 Å². The van der Waals surface area contributed by atoms with Gasteiger partial charge < -0.3 is 29.2 Å². The Bertz CT molecular complexity index is 1160. The van der Waals surface area contributed by atoms with E-state index >= 15 is 0 Å². The van der Waals surface area contributed by atoms with Crippen LogP contribution in [0, 0.1) is 0 Å². The first-order valence-electron chi connectivity index (χ1n) is 13.0. The molecule has 4 rings (SSSR count). The van der Waals surface area contributed by atoms with E-state index in [0.29, 0.717) is 17.5 Å². The molecular formula is C27H40BN5O4. The maximum Gasteiger partial charge on any atom is 0.496 e. The van der Waals surface area contributed by atoms with Crippen molar-refractivity contribution in [2.75, 3.05) is 43.5 Å². The summed E-state index contributed by atoms with van der Waals surface area (Å²) in [4.78, 5) is 19.8. The third-order valence-electron chi connectivity index (χ3n) is 7.57. The smallest absolute Gasteiger partial charge is 0.399 e. The van der Waals surface area contributed by atoms with Crippen LogP contribution < -0.4 is 21.7 Å². The van der Waals surface area contributed by atoms with Crippen LogP contribution in [0.4, 0.5) is 17.2 Å². The van der Waals surface area contributed by atoms with Gasteiger partial charge >= 0.3 is 7.12 Å². The van der Waals surface area contributed by atoms with Gasteiger partial charge in [0.1, 0.15) is 11.5 Å². The lowest BCUT2D eigenvalue weighted by Gasteiger charge is -2.37. The molecule has 2 N–H and O–H groups in total. The van der Waals surface area contributed by atoms with E-state index in [2.05, 4.69) is 40.4 Å². The van der Waals surface area contributed by atoms with Crippen molar-refractivity contribution in [3.8, 4) is 0 Å². The number of nitrogens with zero attached hydrogens (tertiary/aromatic N) is 3. The van der Waals surface area contributed by atoms with E-state index in [-0.39, 0.29) is 5.56 Å². The average Bonchev–Trinajstić information content (AvgIpc) is 3.03. The molecule has 2 aliphatic heterocycles. The van der Waals surface area contributed by atoms with Crippen molar-refractivity contribution in [2.24, 2.45) is 7.05 Å². The molecular weight excluding hydrogens is 469 g/mol. The van der Waals surface area contributed by atoms with E-state index < -0.39 is 18.3 Å². The van der Waals surface area contributed by atoms with Gasteiger partial charge in [-0.05, 0) is 59.7 Å². The Morgan fingerprint density at radius 3 is 2.51 bits per heavy atom. The van der Waals surface area contributed by atoms with Crippen molar-refractivity contribution in [2.45, 2.75) is 58.8 Å². The van der Waals surface area contributed by atoms with Crippen LogP contribution in [0.3, 0.4) is 0 Å². The highest BCUT2D eigenvalue weighted by Gasteiger charge is 2.52. The third-order valence-corrected chi connectivity index (χ3v) is 7.57. The molecule has 4 heterocycles. The fraction of sp³-hybridized carbons (Fsp3) is 0.556. The van der Waals surface area contributed by atoms with Crippen molar-refractivity contribution in [1.82, 2.24) is 14.5 Å². The number of nitrogens with one attached hydrogen (secondary N) is 2. The first kappa shape index (κ1) is 27.4. The first-order valence-corrected chi connectivity index (χ1v) is 13.0. The molecule has 2 aromatic rings. The van der Waals surface area contributed by atoms with E-state index in [4.69, 9.17) is 14.0 Å². The monoisotopic (exact) mass is 509 g/mol. The van der Waals surface area contributed by atoms with Crippen molar-refractivity contribution >= 4 is 29.8 Å². The Kier molecular flexibility index (Phi) is 8.13. The number of aromatic nitrogens is 2. The lowest BCUT2D eigenvalue weighted by molar-refractivity contribution is -0.0605. The predicted molar refractivity (Wildman–Crippen MR) is 149 cm³/mol. The number of pyridine rings is 2. The second kappa shape index (κ2) is 11.0. The van der Waals surface area contributed by atoms with Crippen LogP contribution in [0.2, 0.25) is 0 Å². The lowest BCUT2D eigenvalue weighted by atomic mass is 9.80. The molecule has 200 valence electrons. The lowest BCUT2D eigenvalue weighted by Crippen LogP contribution is -2.51. The first-order chi connectivity index (χ1) is 17.5. The molecule has 2 saturated heterocycles. The molecule has 0 unspecified atom stereocenters. The molecule has 0 atom stereocenters. The Balaban J connectivity index is 1.38. The maximum atomic E-state index is 12.8. The zero-order chi connectivity index (χ0) is 26.8. The highest BCUT2D eigenvalue weighted by atomic mass is 16.7. The summed E-state index contributed by atoms with van der Waals surface area (Å²) in [7, 11) is 1.17. The SMILES string of the molecule is C/C=C(/C)CN(CCNc1ccc(Nc2cc(B3OC(C)(C)C(C)(C)O3)cn(C)c2=O)nc1)C1COC1. The summed E-state index contributed by atoms with van der Waals surface area (Å²) < 4.78 is 19.3. The van der Waals surface area contributed by atoms with Crippen molar-refractivity contribution in [3.05, 3.63) is 52.6 Å². The van der Waals surface area contributed by atoms with Gasteiger partial charge in [0, 0.05) is 38.3 Å². The number of anilines is 3. The highest BCUT2D eigenvalue weighted by Crippen LogP contribution is 2.36. The van der Waals surface area contributed by atoms with E-state index in [9.17, 15) is 4.79 Å². The number of allylic oxidation sites excluding steroid dienone is 1. The van der Waals surface area contributed by atoms with Crippen molar-refractivity contribution < 1.29 is 14.0 Å². The molecule has 2 aliphatic rings. The summed E-state index contributed by atoms with van der Waals surface area (Å²) in [5.74, 6) is 0.589. The summed E-state index contributed by atoms with van der Waals surface area (Å²) in [6.45, 7) is 16.6. The van der Waals surface area contributed by atoms with Crippen LogP contribution in [0.5, 0.6) is 0 Å². The Morgan fingerprint density at radius 1 is 1.24 bits per heavy atom. The van der Waals surface area contributed by atoms with Gasteiger partial charge in [0.25, 0.3) is 5.56 Å².